The summed E-state index contributed by atoms with van der Waals surface area (Å²) in [5, 5.41) is 24.3. The summed E-state index contributed by atoms with van der Waals surface area (Å²) in [5.41, 5.74) is -0.0313. The number of aliphatic hydroxyl groups excluding tert-OH is 1. The Bertz CT molecular complexity index is 808. The quantitative estimate of drug-likeness (QED) is 0.511. The highest BCUT2D eigenvalue weighted by molar-refractivity contribution is 5.98. The van der Waals surface area contributed by atoms with Crippen molar-refractivity contribution < 1.29 is 14.6 Å². The van der Waals surface area contributed by atoms with Gasteiger partial charge in [0.2, 0.25) is 0 Å². The topological polar surface area (TPSA) is 101 Å². The monoisotopic (exact) mass is 370 g/mol. The molecule has 1 aliphatic rings. The van der Waals surface area contributed by atoms with Gasteiger partial charge in [-0.1, -0.05) is 50.0 Å². The van der Waals surface area contributed by atoms with Crippen molar-refractivity contribution in [3.8, 4) is 11.8 Å². The molecule has 0 saturated heterocycles. The molecule has 1 aromatic rings. The fraction of sp³-hybridized carbons (Fsp3) is 0.500. The summed E-state index contributed by atoms with van der Waals surface area (Å²) in [7, 11) is 0. The van der Waals surface area contributed by atoms with E-state index in [0.717, 1.165) is 19.3 Å². The maximum Gasteiger partial charge on any atom is 0.180 e. The zero-order valence-corrected chi connectivity index (χ0v) is 16.2. The molecule has 1 unspecified atom stereocenters. The fourth-order valence-corrected chi connectivity index (χ4v) is 2.65. The largest absolute Gasteiger partial charge is 0.506 e. The van der Waals surface area contributed by atoms with Crippen molar-refractivity contribution in [3.63, 3.8) is 0 Å². The van der Waals surface area contributed by atoms with Gasteiger partial charge in [0.05, 0.1) is 5.92 Å². The van der Waals surface area contributed by atoms with Gasteiger partial charge in [0.15, 0.2) is 11.6 Å². The molecule has 1 heterocycles. The lowest BCUT2D eigenvalue weighted by Gasteiger charge is -2.18. The lowest BCUT2D eigenvalue weighted by Crippen LogP contribution is -2.18. The molecule has 0 bridgehead atoms. The average molecular weight is 370 g/mol. The number of allylic oxidation sites excluding steroid dienone is 4. The van der Waals surface area contributed by atoms with Gasteiger partial charge in [0.1, 0.15) is 23.7 Å². The average Bonchev–Trinajstić information content (AvgIpc) is 3.10. The second kappa shape index (κ2) is 9.17. The van der Waals surface area contributed by atoms with Crippen LogP contribution in [0.15, 0.2) is 35.3 Å². The number of carbonyl (C=O) groups is 1. The summed E-state index contributed by atoms with van der Waals surface area (Å²) >= 11 is 0. The number of aromatic amines is 1. The number of H-pyrrole nitrogens is 1. The summed E-state index contributed by atoms with van der Waals surface area (Å²) in [6, 6.07) is 0. The van der Waals surface area contributed by atoms with E-state index in [-0.39, 0.29) is 28.4 Å². The molecule has 0 aromatic carbocycles. The van der Waals surface area contributed by atoms with Gasteiger partial charge < -0.3 is 9.84 Å². The molecule has 1 atom stereocenters. The highest BCUT2D eigenvalue weighted by Crippen LogP contribution is 2.25. The van der Waals surface area contributed by atoms with Crippen molar-refractivity contribution in [2.24, 2.45) is 5.92 Å². The van der Waals surface area contributed by atoms with Crippen LogP contribution in [-0.4, -0.2) is 38.1 Å². The standard InChI is InChI=1S/C20H26N4O3/c1-5-15-9-10-16(14(2)25)17(26)13-18(15)27-12-8-6-7-11-20(3,4)19-21-23-24-22-19/h6,8,13,15,26H,5,7,11-12H2,1-4H3,(H,21,22,23,24)/b8-6+. The van der Waals surface area contributed by atoms with Crippen molar-refractivity contribution >= 4 is 5.78 Å². The minimum Gasteiger partial charge on any atom is -0.506 e. The van der Waals surface area contributed by atoms with Gasteiger partial charge in [0, 0.05) is 11.5 Å². The Morgan fingerprint density at radius 1 is 1.44 bits per heavy atom. The zero-order valence-electron chi connectivity index (χ0n) is 16.2. The molecule has 144 valence electrons. The van der Waals surface area contributed by atoms with Gasteiger partial charge in [-0.3, -0.25) is 4.79 Å². The van der Waals surface area contributed by atoms with E-state index in [0.29, 0.717) is 18.2 Å². The Labute approximate surface area is 159 Å². The molecule has 7 nitrogen and oxygen atoms in total. The summed E-state index contributed by atoms with van der Waals surface area (Å²) in [6.45, 7) is 7.90. The Morgan fingerprint density at radius 3 is 2.85 bits per heavy atom. The third-order valence-electron chi connectivity index (χ3n) is 4.41. The number of nitrogens with zero attached hydrogens (tertiary/aromatic N) is 3. The van der Waals surface area contributed by atoms with Crippen LogP contribution in [-0.2, 0) is 14.9 Å². The number of ketones is 1. The number of rotatable bonds is 9. The number of Topliss-reactive ketones (excluding diaryl/α,β-unsaturated/α-hetero) is 1. The van der Waals surface area contributed by atoms with E-state index in [1.54, 1.807) is 0 Å². The van der Waals surface area contributed by atoms with Gasteiger partial charge in [-0.2, -0.15) is 5.21 Å². The second-order valence-corrected chi connectivity index (χ2v) is 7.03. The predicted octanol–water partition coefficient (Wildman–Crippen LogP) is 3.16. The summed E-state index contributed by atoms with van der Waals surface area (Å²) in [5.74, 6) is 6.51. The van der Waals surface area contributed by atoms with Gasteiger partial charge in [0.25, 0.3) is 0 Å². The van der Waals surface area contributed by atoms with Gasteiger partial charge in [-0.25, -0.2) is 0 Å². The van der Waals surface area contributed by atoms with Gasteiger partial charge >= 0.3 is 0 Å². The first-order valence-corrected chi connectivity index (χ1v) is 9.04. The SMILES string of the molecule is CCC1C#CC(C(C)=O)=C(O)C=C1OC/C=C/CCC(C)(C)c1nn[nH]n1. The van der Waals surface area contributed by atoms with E-state index < -0.39 is 0 Å². The second-order valence-electron chi connectivity index (χ2n) is 7.03. The minimum atomic E-state index is -0.253. The lowest BCUT2D eigenvalue weighted by molar-refractivity contribution is -0.113. The Hall–Kier alpha value is -2.88. The van der Waals surface area contributed by atoms with Gasteiger partial charge in [-0.05, 0) is 26.2 Å². The Morgan fingerprint density at radius 2 is 2.22 bits per heavy atom. The molecular formula is C20H26N4O3. The van der Waals surface area contributed by atoms with Crippen LogP contribution in [0.5, 0.6) is 0 Å². The number of hydrogen-bond donors (Lipinski definition) is 2. The van der Waals surface area contributed by atoms with E-state index in [1.807, 2.05) is 19.1 Å². The normalized spacial score (nSPS) is 17.3. The number of carbonyl (C=O) groups excluding carboxylic acids is 1. The highest BCUT2D eigenvalue weighted by atomic mass is 16.5. The first-order valence-electron chi connectivity index (χ1n) is 9.04. The molecule has 1 aromatic heterocycles. The van der Waals surface area contributed by atoms with Crippen LogP contribution in [0.3, 0.4) is 0 Å². The lowest BCUT2D eigenvalue weighted by atomic mass is 9.87. The number of nitrogens with one attached hydrogen (secondary N) is 1. The molecule has 0 amide bonds. The number of ether oxygens (including phenoxy) is 1. The van der Waals surface area contributed by atoms with Crippen molar-refractivity contribution in [2.45, 2.75) is 52.4 Å². The first kappa shape index (κ1) is 20.4. The van der Waals surface area contributed by atoms with Gasteiger partial charge in [-0.15, -0.1) is 10.2 Å². The van der Waals surface area contributed by atoms with Crippen molar-refractivity contribution in [1.82, 2.24) is 20.6 Å². The summed E-state index contributed by atoms with van der Waals surface area (Å²) in [4.78, 5) is 11.5. The Balaban J connectivity index is 1.90. The number of hydrogen-bond acceptors (Lipinski definition) is 6. The fourth-order valence-electron chi connectivity index (χ4n) is 2.65. The van der Waals surface area contributed by atoms with E-state index in [2.05, 4.69) is 46.3 Å². The van der Waals surface area contributed by atoms with Crippen LogP contribution >= 0.6 is 0 Å². The van der Waals surface area contributed by atoms with Crippen LogP contribution in [0, 0.1) is 17.8 Å². The van der Waals surface area contributed by atoms with Crippen LogP contribution in [0.25, 0.3) is 0 Å². The van der Waals surface area contributed by atoms with Crippen molar-refractivity contribution in [1.29, 1.82) is 0 Å². The molecular weight excluding hydrogens is 344 g/mol. The third kappa shape index (κ3) is 5.55. The number of tetrazole rings is 1. The van der Waals surface area contributed by atoms with E-state index in [9.17, 15) is 9.90 Å². The molecule has 2 rings (SSSR count). The summed E-state index contributed by atoms with van der Waals surface area (Å²) in [6.07, 6.45) is 7.93. The van der Waals surface area contributed by atoms with Crippen LogP contribution < -0.4 is 0 Å². The smallest absolute Gasteiger partial charge is 0.180 e. The van der Waals surface area contributed by atoms with Crippen LogP contribution in [0.2, 0.25) is 0 Å². The molecule has 0 radical (unpaired) electrons. The van der Waals surface area contributed by atoms with E-state index in [4.69, 9.17) is 4.74 Å². The molecule has 2 N–H and O–H groups in total. The molecule has 0 spiro atoms. The number of aliphatic hydroxyl groups is 1. The minimum absolute atomic E-state index is 0.131. The molecule has 27 heavy (non-hydrogen) atoms. The van der Waals surface area contributed by atoms with Crippen molar-refractivity contribution in [3.05, 3.63) is 41.1 Å². The highest BCUT2D eigenvalue weighted by Gasteiger charge is 2.24. The first-order chi connectivity index (χ1) is 12.8. The zero-order chi connectivity index (χ0) is 19.9. The molecule has 0 saturated carbocycles. The van der Waals surface area contributed by atoms with E-state index in [1.165, 1.54) is 13.0 Å². The molecule has 1 aliphatic carbocycles. The van der Waals surface area contributed by atoms with Crippen LogP contribution in [0.4, 0.5) is 0 Å². The molecule has 0 fully saturated rings. The van der Waals surface area contributed by atoms with Crippen molar-refractivity contribution in [2.75, 3.05) is 6.61 Å². The Kier molecular flexibility index (Phi) is 6.94. The molecule has 0 aliphatic heterocycles. The van der Waals surface area contributed by atoms with E-state index >= 15 is 0 Å². The van der Waals surface area contributed by atoms with Crippen LogP contribution in [0.1, 0.15) is 52.8 Å². The maximum atomic E-state index is 11.5. The third-order valence-corrected chi connectivity index (χ3v) is 4.41. The number of aromatic nitrogens is 4. The predicted molar refractivity (Wildman–Crippen MR) is 102 cm³/mol. The summed E-state index contributed by atoms with van der Waals surface area (Å²) < 4.78 is 5.80. The molecule has 7 heteroatoms. The maximum absolute atomic E-state index is 11.5.